The Hall–Kier alpha value is -1.92. The van der Waals surface area contributed by atoms with E-state index in [2.05, 4.69) is 17.6 Å². The van der Waals surface area contributed by atoms with Crippen molar-refractivity contribution in [3.05, 3.63) is 35.4 Å². The second-order valence-electron chi connectivity index (χ2n) is 6.58. The molecule has 1 saturated heterocycles. The van der Waals surface area contributed by atoms with Crippen LogP contribution in [-0.4, -0.2) is 48.8 Å². The van der Waals surface area contributed by atoms with Crippen molar-refractivity contribution in [1.82, 2.24) is 15.5 Å². The highest BCUT2D eigenvalue weighted by Crippen LogP contribution is 2.27. The van der Waals surface area contributed by atoms with E-state index in [4.69, 9.17) is 0 Å². The summed E-state index contributed by atoms with van der Waals surface area (Å²) in [5.41, 5.74) is 0.814. The molecule has 2 aliphatic heterocycles. The van der Waals surface area contributed by atoms with E-state index in [1.54, 1.807) is 24.3 Å². The molecule has 3 rings (SSSR count). The van der Waals surface area contributed by atoms with Gasteiger partial charge in [-0.3, -0.25) is 19.3 Å². The Labute approximate surface area is 147 Å². The van der Waals surface area contributed by atoms with Gasteiger partial charge in [0, 0.05) is 6.54 Å². The van der Waals surface area contributed by atoms with Crippen LogP contribution >= 0.6 is 12.4 Å². The lowest BCUT2D eigenvalue weighted by atomic mass is 9.81. The van der Waals surface area contributed by atoms with Crippen LogP contribution in [0.15, 0.2) is 24.3 Å². The number of piperidine rings is 1. The fourth-order valence-corrected chi connectivity index (χ4v) is 3.10. The zero-order valence-electron chi connectivity index (χ0n) is 13.6. The van der Waals surface area contributed by atoms with Gasteiger partial charge >= 0.3 is 0 Å². The Morgan fingerprint density at radius 2 is 1.71 bits per heavy atom. The first-order valence-corrected chi connectivity index (χ1v) is 7.93. The van der Waals surface area contributed by atoms with Gasteiger partial charge in [-0.15, -0.1) is 12.4 Å². The summed E-state index contributed by atoms with van der Waals surface area (Å²) in [6.07, 6.45) is 2.00. The Bertz CT molecular complexity index is 621. The van der Waals surface area contributed by atoms with Crippen molar-refractivity contribution in [2.24, 2.45) is 5.41 Å². The van der Waals surface area contributed by atoms with Crippen molar-refractivity contribution in [2.75, 3.05) is 26.2 Å². The minimum Gasteiger partial charge on any atom is -0.354 e. The van der Waals surface area contributed by atoms with E-state index in [1.807, 2.05) is 0 Å². The summed E-state index contributed by atoms with van der Waals surface area (Å²) < 4.78 is 0. The molecule has 0 atom stereocenters. The van der Waals surface area contributed by atoms with E-state index in [9.17, 15) is 14.4 Å². The smallest absolute Gasteiger partial charge is 0.262 e. The van der Waals surface area contributed by atoms with Crippen LogP contribution in [0.1, 0.15) is 40.5 Å². The third-order valence-electron chi connectivity index (χ3n) is 4.70. The molecule has 2 aliphatic rings. The van der Waals surface area contributed by atoms with Gasteiger partial charge < -0.3 is 10.6 Å². The average molecular weight is 352 g/mol. The van der Waals surface area contributed by atoms with Crippen molar-refractivity contribution < 1.29 is 14.4 Å². The Kier molecular flexibility index (Phi) is 5.62. The molecule has 0 bridgehead atoms. The Balaban J connectivity index is 0.00000208. The molecule has 6 nitrogen and oxygen atoms in total. The summed E-state index contributed by atoms with van der Waals surface area (Å²) >= 11 is 0. The van der Waals surface area contributed by atoms with E-state index in [1.165, 1.54) is 0 Å². The van der Waals surface area contributed by atoms with Crippen LogP contribution in [0.25, 0.3) is 0 Å². The number of fused-ring (bicyclic) bond motifs is 1. The SMILES string of the molecule is CC1(CNC(=O)CN2C(=O)c3ccccc3C2=O)CCNCC1.Cl. The van der Waals surface area contributed by atoms with Crippen LogP contribution in [0, 0.1) is 5.41 Å². The summed E-state index contributed by atoms with van der Waals surface area (Å²) in [6, 6.07) is 6.66. The van der Waals surface area contributed by atoms with Gasteiger partial charge in [0.1, 0.15) is 6.54 Å². The third kappa shape index (κ3) is 3.60. The number of carbonyl (C=O) groups is 3. The van der Waals surface area contributed by atoms with Crippen molar-refractivity contribution in [3.8, 4) is 0 Å². The highest BCUT2D eigenvalue weighted by molar-refractivity contribution is 6.22. The molecule has 0 aliphatic carbocycles. The highest BCUT2D eigenvalue weighted by atomic mass is 35.5. The minimum atomic E-state index is -0.395. The van der Waals surface area contributed by atoms with Crippen LogP contribution in [0.2, 0.25) is 0 Å². The Morgan fingerprint density at radius 1 is 1.17 bits per heavy atom. The van der Waals surface area contributed by atoms with Gasteiger partial charge in [-0.25, -0.2) is 0 Å². The molecule has 2 N–H and O–H groups in total. The lowest BCUT2D eigenvalue weighted by molar-refractivity contribution is -0.122. The van der Waals surface area contributed by atoms with Gasteiger partial charge in [0.25, 0.3) is 11.8 Å². The van der Waals surface area contributed by atoms with Crippen LogP contribution in [0.5, 0.6) is 0 Å². The number of rotatable bonds is 4. The third-order valence-corrected chi connectivity index (χ3v) is 4.70. The van der Waals surface area contributed by atoms with E-state index < -0.39 is 11.8 Å². The largest absolute Gasteiger partial charge is 0.354 e. The maximum Gasteiger partial charge on any atom is 0.262 e. The maximum absolute atomic E-state index is 12.2. The van der Waals surface area contributed by atoms with Crippen molar-refractivity contribution >= 4 is 30.1 Å². The van der Waals surface area contributed by atoms with E-state index in [0.717, 1.165) is 30.8 Å². The number of imide groups is 1. The molecule has 2 heterocycles. The summed E-state index contributed by atoms with van der Waals surface area (Å²) in [6.45, 7) is 4.39. The zero-order chi connectivity index (χ0) is 16.4. The van der Waals surface area contributed by atoms with Crippen LogP contribution in [0.4, 0.5) is 0 Å². The first kappa shape index (κ1) is 18.4. The number of nitrogens with zero attached hydrogens (tertiary/aromatic N) is 1. The summed E-state index contributed by atoms with van der Waals surface area (Å²) in [7, 11) is 0. The predicted octanol–water partition coefficient (Wildman–Crippen LogP) is 1.21. The zero-order valence-corrected chi connectivity index (χ0v) is 14.4. The summed E-state index contributed by atoms with van der Waals surface area (Å²) in [5, 5.41) is 6.17. The molecule has 0 unspecified atom stereocenters. The van der Waals surface area contributed by atoms with Gasteiger partial charge in [0.15, 0.2) is 0 Å². The second kappa shape index (κ2) is 7.32. The highest BCUT2D eigenvalue weighted by Gasteiger charge is 2.36. The minimum absolute atomic E-state index is 0. The molecule has 1 fully saturated rings. The number of halogens is 1. The first-order chi connectivity index (χ1) is 11.0. The molecular weight excluding hydrogens is 330 g/mol. The lowest BCUT2D eigenvalue weighted by Crippen LogP contribution is -2.46. The van der Waals surface area contributed by atoms with Crippen molar-refractivity contribution in [2.45, 2.75) is 19.8 Å². The fraction of sp³-hybridized carbons (Fsp3) is 0.471. The van der Waals surface area contributed by atoms with Gasteiger partial charge in [0.2, 0.25) is 5.91 Å². The second-order valence-corrected chi connectivity index (χ2v) is 6.58. The predicted molar refractivity (Wildman–Crippen MR) is 92.3 cm³/mol. The molecule has 0 aromatic heterocycles. The van der Waals surface area contributed by atoms with Gasteiger partial charge in [-0.1, -0.05) is 19.1 Å². The summed E-state index contributed by atoms with van der Waals surface area (Å²) in [5.74, 6) is -1.08. The number of nitrogens with one attached hydrogen (secondary N) is 2. The van der Waals surface area contributed by atoms with Crippen molar-refractivity contribution in [3.63, 3.8) is 0 Å². The lowest BCUT2D eigenvalue weighted by Gasteiger charge is -2.34. The standard InChI is InChI=1S/C17H21N3O3.ClH/c1-17(6-8-18-9-7-17)11-19-14(21)10-20-15(22)12-4-2-3-5-13(12)16(20)23;/h2-5,18H,6-11H2,1H3,(H,19,21);1H. The monoisotopic (exact) mass is 351 g/mol. The van der Waals surface area contributed by atoms with E-state index in [0.29, 0.717) is 17.7 Å². The molecule has 1 aromatic carbocycles. The first-order valence-electron chi connectivity index (χ1n) is 7.93. The number of benzene rings is 1. The number of hydrogen-bond donors (Lipinski definition) is 2. The van der Waals surface area contributed by atoms with Crippen LogP contribution in [-0.2, 0) is 4.79 Å². The molecule has 7 heteroatoms. The molecule has 24 heavy (non-hydrogen) atoms. The molecule has 3 amide bonds. The average Bonchev–Trinajstić information content (AvgIpc) is 2.79. The quantitative estimate of drug-likeness (QED) is 0.799. The van der Waals surface area contributed by atoms with E-state index >= 15 is 0 Å². The molecule has 1 aromatic rings. The van der Waals surface area contributed by atoms with Crippen molar-refractivity contribution in [1.29, 1.82) is 0 Å². The molecular formula is C17H22ClN3O3. The molecule has 0 radical (unpaired) electrons. The number of amides is 3. The maximum atomic E-state index is 12.2. The number of hydrogen-bond acceptors (Lipinski definition) is 4. The Morgan fingerprint density at radius 3 is 2.25 bits per heavy atom. The molecule has 130 valence electrons. The molecule has 0 spiro atoms. The molecule has 0 saturated carbocycles. The summed E-state index contributed by atoms with van der Waals surface area (Å²) in [4.78, 5) is 37.6. The fourth-order valence-electron chi connectivity index (χ4n) is 3.10. The van der Waals surface area contributed by atoms with Gasteiger partial charge in [-0.05, 0) is 43.5 Å². The van der Waals surface area contributed by atoms with E-state index in [-0.39, 0.29) is 30.3 Å². The topological polar surface area (TPSA) is 78.5 Å². The van der Waals surface area contributed by atoms with Gasteiger partial charge in [-0.2, -0.15) is 0 Å². The van der Waals surface area contributed by atoms with Crippen LogP contribution < -0.4 is 10.6 Å². The van der Waals surface area contributed by atoms with Crippen LogP contribution in [0.3, 0.4) is 0 Å². The van der Waals surface area contributed by atoms with Gasteiger partial charge in [0.05, 0.1) is 11.1 Å². The number of carbonyl (C=O) groups excluding carboxylic acids is 3. The normalized spacial score (nSPS) is 18.8.